The highest BCUT2D eigenvalue weighted by molar-refractivity contribution is 4.79. The predicted molar refractivity (Wildman–Crippen MR) is 62.2 cm³/mol. The minimum Gasteiger partial charge on any atom is -0.390 e. The predicted octanol–water partition coefficient (Wildman–Crippen LogP) is 0.259. The number of aromatic nitrogens is 2. The van der Waals surface area contributed by atoms with Crippen LogP contribution >= 0.6 is 0 Å². The SMILES string of the molecule is CCOCC(C)NCC(O)Cn1cccn1. The number of hydrogen-bond donors (Lipinski definition) is 2. The van der Waals surface area contributed by atoms with E-state index in [1.807, 2.05) is 26.1 Å². The first-order chi connectivity index (χ1) is 7.72. The Morgan fingerprint density at radius 3 is 3.00 bits per heavy atom. The van der Waals surface area contributed by atoms with Crippen molar-refractivity contribution in [2.45, 2.75) is 32.5 Å². The van der Waals surface area contributed by atoms with Gasteiger partial charge in [0.2, 0.25) is 0 Å². The van der Waals surface area contributed by atoms with E-state index in [2.05, 4.69) is 10.4 Å². The monoisotopic (exact) mass is 227 g/mol. The van der Waals surface area contributed by atoms with Gasteiger partial charge in [0, 0.05) is 31.6 Å². The fourth-order valence-electron chi connectivity index (χ4n) is 1.38. The number of rotatable bonds is 8. The largest absolute Gasteiger partial charge is 0.390 e. The first kappa shape index (κ1) is 13.2. The van der Waals surface area contributed by atoms with Gasteiger partial charge in [0.15, 0.2) is 0 Å². The maximum atomic E-state index is 9.73. The van der Waals surface area contributed by atoms with Crippen LogP contribution in [0.1, 0.15) is 13.8 Å². The minimum atomic E-state index is -0.427. The first-order valence-corrected chi connectivity index (χ1v) is 5.69. The topological polar surface area (TPSA) is 59.3 Å². The summed E-state index contributed by atoms with van der Waals surface area (Å²) in [6.07, 6.45) is 3.12. The van der Waals surface area contributed by atoms with Gasteiger partial charge in [-0.15, -0.1) is 0 Å². The van der Waals surface area contributed by atoms with Gasteiger partial charge >= 0.3 is 0 Å². The molecule has 0 amide bonds. The molecule has 1 heterocycles. The second-order valence-corrected chi connectivity index (χ2v) is 3.85. The number of nitrogens with one attached hydrogen (secondary N) is 1. The van der Waals surface area contributed by atoms with Crippen molar-refractivity contribution in [1.29, 1.82) is 0 Å². The molecule has 0 radical (unpaired) electrons. The summed E-state index contributed by atoms with van der Waals surface area (Å²) in [4.78, 5) is 0. The number of hydrogen-bond acceptors (Lipinski definition) is 4. The average molecular weight is 227 g/mol. The number of aliphatic hydroxyl groups is 1. The summed E-state index contributed by atoms with van der Waals surface area (Å²) in [5.74, 6) is 0. The Morgan fingerprint density at radius 1 is 1.56 bits per heavy atom. The Hall–Kier alpha value is -0.910. The van der Waals surface area contributed by atoms with Crippen molar-refractivity contribution in [2.24, 2.45) is 0 Å². The summed E-state index contributed by atoms with van der Waals surface area (Å²) < 4.78 is 6.99. The van der Waals surface area contributed by atoms with Crippen LogP contribution in [0.15, 0.2) is 18.5 Å². The van der Waals surface area contributed by atoms with Crippen molar-refractivity contribution in [3.05, 3.63) is 18.5 Å². The fourth-order valence-corrected chi connectivity index (χ4v) is 1.38. The van der Waals surface area contributed by atoms with E-state index in [9.17, 15) is 5.11 Å². The molecule has 0 aliphatic heterocycles. The Morgan fingerprint density at radius 2 is 2.38 bits per heavy atom. The summed E-state index contributed by atoms with van der Waals surface area (Å²) in [6, 6.07) is 2.10. The summed E-state index contributed by atoms with van der Waals surface area (Å²) in [7, 11) is 0. The summed E-state index contributed by atoms with van der Waals surface area (Å²) in [5, 5.41) is 17.0. The van der Waals surface area contributed by atoms with E-state index < -0.39 is 6.10 Å². The number of aliphatic hydroxyl groups excluding tert-OH is 1. The zero-order valence-electron chi connectivity index (χ0n) is 9.97. The van der Waals surface area contributed by atoms with Gasteiger partial charge in [-0.2, -0.15) is 5.10 Å². The van der Waals surface area contributed by atoms with Gasteiger partial charge in [0.05, 0.1) is 19.3 Å². The van der Waals surface area contributed by atoms with E-state index in [0.29, 0.717) is 19.7 Å². The van der Waals surface area contributed by atoms with Crippen LogP contribution < -0.4 is 5.32 Å². The lowest BCUT2D eigenvalue weighted by molar-refractivity contribution is 0.109. The molecule has 2 atom stereocenters. The molecule has 0 bridgehead atoms. The van der Waals surface area contributed by atoms with Gasteiger partial charge < -0.3 is 15.2 Å². The van der Waals surface area contributed by atoms with Crippen molar-refractivity contribution in [1.82, 2.24) is 15.1 Å². The molecule has 1 aromatic heterocycles. The Bertz CT molecular complexity index is 264. The molecule has 2 unspecified atom stereocenters. The molecular weight excluding hydrogens is 206 g/mol. The minimum absolute atomic E-state index is 0.257. The summed E-state index contributed by atoms with van der Waals surface area (Å²) >= 11 is 0. The van der Waals surface area contributed by atoms with Crippen LogP contribution in [0.3, 0.4) is 0 Å². The smallest absolute Gasteiger partial charge is 0.0860 e. The molecule has 16 heavy (non-hydrogen) atoms. The van der Waals surface area contributed by atoms with Crippen LogP contribution in [0.2, 0.25) is 0 Å². The molecule has 5 heteroatoms. The highest BCUT2D eigenvalue weighted by Crippen LogP contribution is 1.91. The van der Waals surface area contributed by atoms with E-state index in [0.717, 1.165) is 6.61 Å². The molecule has 92 valence electrons. The molecule has 0 spiro atoms. The average Bonchev–Trinajstić information content (AvgIpc) is 2.76. The quantitative estimate of drug-likeness (QED) is 0.669. The molecule has 0 saturated carbocycles. The normalized spacial score (nSPS) is 14.9. The zero-order chi connectivity index (χ0) is 11.8. The van der Waals surface area contributed by atoms with Crippen LogP contribution in [0, 0.1) is 0 Å². The summed E-state index contributed by atoms with van der Waals surface area (Å²) in [5.41, 5.74) is 0. The van der Waals surface area contributed by atoms with Crippen LogP contribution in [0.5, 0.6) is 0 Å². The van der Waals surface area contributed by atoms with Gasteiger partial charge in [0.1, 0.15) is 0 Å². The third-order valence-electron chi connectivity index (χ3n) is 2.23. The van der Waals surface area contributed by atoms with Crippen molar-refractivity contribution in [3.63, 3.8) is 0 Å². The maximum absolute atomic E-state index is 9.73. The molecule has 1 aromatic rings. The van der Waals surface area contributed by atoms with E-state index in [1.54, 1.807) is 10.9 Å². The van der Waals surface area contributed by atoms with E-state index in [1.165, 1.54) is 0 Å². The van der Waals surface area contributed by atoms with Crippen LogP contribution in [0.4, 0.5) is 0 Å². The highest BCUT2D eigenvalue weighted by Gasteiger charge is 2.07. The second-order valence-electron chi connectivity index (χ2n) is 3.85. The molecule has 0 saturated heterocycles. The molecule has 5 nitrogen and oxygen atoms in total. The third kappa shape index (κ3) is 5.25. The van der Waals surface area contributed by atoms with Gasteiger partial charge in [-0.3, -0.25) is 4.68 Å². The van der Waals surface area contributed by atoms with E-state index in [4.69, 9.17) is 4.74 Å². The van der Waals surface area contributed by atoms with Gasteiger partial charge in [-0.1, -0.05) is 0 Å². The van der Waals surface area contributed by atoms with Gasteiger partial charge in [-0.05, 0) is 19.9 Å². The molecule has 2 N–H and O–H groups in total. The molecular formula is C11H21N3O2. The molecule has 0 aliphatic carbocycles. The lowest BCUT2D eigenvalue weighted by Gasteiger charge is -2.17. The molecule has 0 fully saturated rings. The number of ether oxygens (including phenoxy) is 1. The van der Waals surface area contributed by atoms with Crippen molar-refractivity contribution in [2.75, 3.05) is 19.8 Å². The molecule has 1 rings (SSSR count). The van der Waals surface area contributed by atoms with E-state index in [-0.39, 0.29) is 6.04 Å². The maximum Gasteiger partial charge on any atom is 0.0860 e. The van der Waals surface area contributed by atoms with Gasteiger partial charge in [0.25, 0.3) is 0 Å². The zero-order valence-corrected chi connectivity index (χ0v) is 9.97. The molecule has 0 aromatic carbocycles. The Kier molecular flexibility index (Phi) is 6.07. The standard InChI is InChI=1S/C11H21N3O2/c1-3-16-9-10(2)12-7-11(15)8-14-6-4-5-13-14/h4-6,10-12,15H,3,7-9H2,1-2H3. The van der Waals surface area contributed by atoms with Gasteiger partial charge in [-0.25, -0.2) is 0 Å². The van der Waals surface area contributed by atoms with E-state index >= 15 is 0 Å². The first-order valence-electron chi connectivity index (χ1n) is 5.69. The fraction of sp³-hybridized carbons (Fsp3) is 0.727. The Balaban J connectivity index is 2.12. The highest BCUT2D eigenvalue weighted by atomic mass is 16.5. The van der Waals surface area contributed by atoms with Crippen molar-refractivity contribution < 1.29 is 9.84 Å². The third-order valence-corrected chi connectivity index (χ3v) is 2.23. The van der Waals surface area contributed by atoms with Crippen molar-refractivity contribution in [3.8, 4) is 0 Å². The molecule has 0 aliphatic rings. The van der Waals surface area contributed by atoms with Crippen LogP contribution in [-0.2, 0) is 11.3 Å². The lowest BCUT2D eigenvalue weighted by atomic mass is 10.3. The number of nitrogens with zero attached hydrogens (tertiary/aromatic N) is 2. The lowest BCUT2D eigenvalue weighted by Crippen LogP contribution is -2.38. The van der Waals surface area contributed by atoms with Crippen LogP contribution in [0.25, 0.3) is 0 Å². The van der Waals surface area contributed by atoms with Crippen LogP contribution in [-0.4, -0.2) is 46.8 Å². The second kappa shape index (κ2) is 7.38. The van der Waals surface area contributed by atoms with Crippen molar-refractivity contribution >= 4 is 0 Å². The Labute approximate surface area is 96.4 Å². The summed E-state index contributed by atoms with van der Waals surface area (Å²) in [6.45, 7) is 6.47.